The Morgan fingerprint density at radius 1 is 1.13 bits per heavy atom. The molecule has 0 aromatic rings. The van der Waals surface area contributed by atoms with Crippen LogP contribution in [0.25, 0.3) is 0 Å². The van der Waals surface area contributed by atoms with Crippen molar-refractivity contribution in [1.82, 2.24) is 0 Å². The first kappa shape index (κ1) is 14.6. The number of hydrogen-bond acceptors (Lipinski definition) is 2. The summed E-state index contributed by atoms with van der Waals surface area (Å²) in [5.74, 6) is 0.534. The summed E-state index contributed by atoms with van der Waals surface area (Å²) in [5, 5.41) is 0. The molecule has 2 nitrogen and oxygen atoms in total. The summed E-state index contributed by atoms with van der Waals surface area (Å²) >= 11 is 0. The molecule has 0 heterocycles. The van der Waals surface area contributed by atoms with Crippen LogP contribution in [0.15, 0.2) is 25.3 Å². The molecule has 88 valence electrons. The maximum absolute atomic E-state index is 5.99. The van der Waals surface area contributed by atoms with E-state index in [0.717, 1.165) is 18.7 Å². The van der Waals surface area contributed by atoms with Gasteiger partial charge < -0.3 is 8.85 Å². The Kier molecular flexibility index (Phi) is 7.65. The fourth-order valence-electron chi connectivity index (χ4n) is 1.38. The molecule has 15 heavy (non-hydrogen) atoms. The van der Waals surface area contributed by atoms with Gasteiger partial charge >= 0.3 is 8.56 Å². The Labute approximate surface area is 95.2 Å². The predicted molar refractivity (Wildman–Crippen MR) is 68.2 cm³/mol. The average Bonchev–Trinajstić information content (AvgIpc) is 2.16. The van der Waals surface area contributed by atoms with E-state index in [0.29, 0.717) is 12.5 Å². The quantitative estimate of drug-likeness (QED) is 0.444. The van der Waals surface area contributed by atoms with Gasteiger partial charge in [0.15, 0.2) is 0 Å². The first-order valence-corrected chi connectivity index (χ1v) is 7.83. The lowest BCUT2D eigenvalue weighted by Crippen LogP contribution is -2.42. The molecule has 0 aliphatic carbocycles. The normalized spacial score (nSPS) is 11.7. The molecule has 3 heteroatoms. The Hall–Kier alpha value is -0.383. The highest BCUT2D eigenvalue weighted by Crippen LogP contribution is 2.21. The van der Waals surface area contributed by atoms with Gasteiger partial charge in [-0.2, -0.15) is 0 Å². The minimum absolute atomic E-state index is 0.534. The van der Waals surface area contributed by atoms with Crippen molar-refractivity contribution in [2.75, 3.05) is 13.2 Å². The van der Waals surface area contributed by atoms with E-state index in [-0.39, 0.29) is 0 Å². The van der Waals surface area contributed by atoms with Crippen LogP contribution in [0.1, 0.15) is 20.8 Å². The first-order chi connectivity index (χ1) is 7.10. The van der Waals surface area contributed by atoms with E-state index in [1.54, 1.807) is 0 Å². The molecule has 0 saturated heterocycles. The average molecular weight is 228 g/mol. The molecule has 0 unspecified atom stereocenters. The van der Waals surface area contributed by atoms with E-state index in [2.05, 4.69) is 27.0 Å². The molecule has 0 aliphatic rings. The summed E-state index contributed by atoms with van der Waals surface area (Å²) in [6.45, 7) is 15.3. The maximum Gasteiger partial charge on any atom is 0.345 e. The number of allylic oxidation sites excluding steroid dienone is 2. The second kappa shape index (κ2) is 7.85. The number of hydrogen-bond donors (Lipinski definition) is 0. The van der Waals surface area contributed by atoms with Crippen LogP contribution in [0.5, 0.6) is 0 Å². The van der Waals surface area contributed by atoms with Gasteiger partial charge in [0.2, 0.25) is 0 Å². The van der Waals surface area contributed by atoms with Crippen molar-refractivity contribution in [3.8, 4) is 0 Å². The zero-order valence-corrected chi connectivity index (χ0v) is 11.3. The van der Waals surface area contributed by atoms with E-state index in [1.165, 1.54) is 0 Å². The highest BCUT2D eigenvalue weighted by atomic mass is 28.4. The summed E-state index contributed by atoms with van der Waals surface area (Å²) in [7, 11) is -2.09. The smallest absolute Gasteiger partial charge is 0.345 e. The lowest BCUT2D eigenvalue weighted by atomic mass is 10.2. The van der Waals surface area contributed by atoms with E-state index < -0.39 is 8.56 Å². The third-order valence-corrected chi connectivity index (χ3v) is 5.33. The molecule has 0 aromatic carbocycles. The lowest BCUT2D eigenvalue weighted by molar-refractivity contribution is 0.161. The van der Waals surface area contributed by atoms with Gasteiger partial charge in [-0.05, 0) is 12.8 Å². The van der Waals surface area contributed by atoms with Gasteiger partial charge in [0, 0.05) is 25.3 Å². The van der Waals surface area contributed by atoms with Crippen molar-refractivity contribution in [2.45, 2.75) is 32.9 Å². The molecule has 0 atom stereocenters. The maximum atomic E-state index is 5.99. The monoisotopic (exact) mass is 228 g/mol. The van der Waals surface area contributed by atoms with Gasteiger partial charge in [0.05, 0.1) is 0 Å². The minimum Gasteiger partial charge on any atom is -0.394 e. The number of rotatable bonds is 9. The summed E-state index contributed by atoms with van der Waals surface area (Å²) in [6.07, 6.45) is 3.79. The standard InChI is InChI=1S/C12H24O2Si/c1-6-9-15(10-7-2,13-8-3)14-11-12(4)5/h6-7,12H,1-2,8-11H2,3-5H3. The summed E-state index contributed by atoms with van der Waals surface area (Å²) in [4.78, 5) is 0. The van der Waals surface area contributed by atoms with Crippen LogP contribution in [-0.4, -0.2) is 21.8 Å². The van der Waals surface area contributed by atoms with Crippen molar-refractivity contribution in [3.05, 3.63) is 25.3 Å². The van der Waals surface area contributed by atoms with Crippen LogP contribution in [0.2, 0.25) is 12.1 Å². The molecule has 0 N–H and O–H groups in total. The van der Waals surface area contributed by atoms with Crippen molar-refractivity contribution < 1.29 is 8.85 Å². The molecule has 0 amide bonds. The minimum atomic E-state index is -2.09. The van der Waals surface area contributed by atoms with E-state index in [1.807, 2.05) is 19.1 Å². The SMILES string of the molecule is C=CC[Si](CC=C)(OCC)OCC(C)C. The molecule has 0 rings (SSSR count). The van der Waals surface area contributed by atoms with Crippen molar-refractivity contribution >= 4 is 8.56 Å². The summed E-state index contributed by atoms with van der Waals surface area (Å²) < 4.78 is 11.8. The van der Waals surface area contributed by atoms with Gasteiger partial charge in [0.1, 0.15) is 0 Å². The second-order valence-corrected chi connectivity index (χ2v) is 7.25. The molecule has 0 bridgehead atoms. The zero-order chi connectivity index (χ0) is 11.7. The summed E-state index contributed by atoms with van der Waals surface area (Å²) in [6, 6.07) is 1.67. The predicted octanol–water partition coefficient (Wildman–Crippen LogP) is 3.51. The first-order valence-electron chi connectivity index (χ1n) is 5.60. The summed E-state index contributed by atoms with van der Waals surface area (Å²) in [5.41, 5.74) is 0. The third kappa shape index (κ3) is 5.92. The van der Waals surface area contributed by atoms with Gasteiger partial charge in [-0.1, -0.05) is 26.0 Å². The van der Waals surface area contributed by atoms with Crippen LogP contribution >= 0.6 is 0 Å². The highest BCUT2D eigenvalue weighted by molar-refractivity contribution is 6.68. The highest BCUT2D eigenvalue weighted by Gasteiger charge is 2.34. The van der Waals surface area contributed by atoms with Crippen molar-refractivity contribution in [2.24, 2.45) is 5.92 Å². The Balaban J connectivity index is 4.44. The van der Waals surface area contributed by atoms with Crippen molar-refractivity contribution in [1.29, 1.82) is 0 Å². The topological polar surface area (TPSA) is 18.5 Å². The molecule has 0 spiro atoms. The van der Waals surface area contributed by atoms with E-state index >= 15 is 0 Å². The Morgan fingerprint density at radius 3 is 2.00 bits per heavy atom. The second-order valence-electron chi connectivity index (χ2n) is 4.03. The van der Waals surface area contributed by atoms with Crippen LogP contribution < -0.4 is 0 Å². The van der Waals surface area contributed by atoms with Crippen LogP contribution in [0, 0.1) is 5.92 Å². The molecule has 0 aliphatic heterocycles. The molecular weight excluding hydrogens is 204 g/mol. The fourth-order valence-corrected chi connectivity index (χ4v) is 4.15. The van der Waals surface area contributed by atoms with Crippen LogP contribution in [0.3, 0.4) is 0 Å². The van der Waals surface area contributed by atoms with E-state index in [9.17, 15) is 0 Å². The lowest BCUT2D eigenvalue weighted by Gasteiger charge is -2.29. The Morgan fingerprint density at radius 2 is 1.67 bits per heavy atom. The van der Waals surface area contributed by atoms with Gasteiger partial charge in [0.25, 0.3) is 0 Å². The third-order valence-electron chi connectivity index (χ3n) is 2.00. The van der Waals surface area contributed by atoms with Gasteiger partial charge in [-0.15, -0.1) is 13.2 Å². The van der Waals surface area contributed by atoms with Gasteiger partial charge in [-0.3, -0.25) is 0 Å². The van der Waals surface area contributed by atoms with Crippen LogP contribution in [0.4, 0.5) is 0 Å². The Bertz CT molecular complexity index is 180. The van der Waals surface area contributed by atoms with Crippen molar-refractivity contribution in [3.63, 3.8) is 0 Å². The molecular formula is C12H24O2Si. The molecule has 0 radical (unpaired) electrons. The molecule has 0 saturated carbocycles. The zero-order valence-electron chi connectivity index (χ0n) is 10.3. The molecule has 0 fully saturated rings. The molecule has 0 aromatic heterocycles. The largest absolute Gasteiger partial charge is 0.394 e. The van der Waals surface area contributed by atoms with E-state index in [4.69, 9.17) is 8.85 Å². The van der Waals surface area contributed by atoms with Crippen LogP contribution in [-0.2, 0) is 8.85 Å². The van der Waals surface area contributed by atoms with Gasteiger partial charge in [-0.25, -0.2) is 0 Å². The fraction of sp³-hybridized carbons (Fsp3) is 0.667.